The van der Waals surface area contributed by atoms with Gasteiger partial charge in [0.1, 0.15) is 24.2 Å². The van der Waals surface area contributed by atoms with Gasteiger partial charge in [-0.1, -0.05) is 30.8 Å². The number of aromatic hydroxyl groups is 1. The largest absolute Gasteiger partial charge is 0.493 e. The molecular formula is C22H17N5O4. The molecule has 2 atom stereocenters. The van der Waals surface area contributed by atoms with Gasteiger partial charge >= 0.3 is 11.8 Å². The molecule has 0 saturated carbocycles. The Balaban J connectivity index is 1.60. The van der Waals surface area contributed by atoms with Gasteiger partial charge in [-0.05, 0) is 6.42 Å². The summed E-state index contributed by atoms with van der Waals surface area (Å²) in [6.07, 6.45) is 6.96. The molecule has 2 aliphatic rings. The van der Waals surface area contributed by atoms with Crippen molar-refractivity contribution in [3.05, 3.63) is 58.1 Å². The van der Waals surface area contributed by atoms with Crippen LogP contribution in [0.5, 0.6) is 5.88 Å². The summed E-state index contributed by atoms with van der Waals surface area (Å²) in [5, 5.41) is 12.3. The summed E-state index contributed by atoms with van der Waals surface area (Å²) in [4.78, 5) is 34.9. The second-order valence-electron chi connectivity index (χ2n) is 7.45. The van der Waals surface area contributed by atoms with Crippen LogP contribution in [-0.2, 0) is 4.74 Å². The maximum atomic E-state index is 13.3. The predicted octanol–water partition coefficient (Wildman–Crippen LogP) is 2.90. The van der Waals surface area contributed by atoms with Crippen LogP contribution in [-0.4, -0.2) is 43.4 Å². The summed E-state index contributed by atoms with van der Waals surface area (Å²) in [6, 6.07) is 6.40. The number of amides is 1. The van der Waals surface area contributed by atoms with Crippen molar-refractivity contribution in [3.63, 3.8) is 0 Å². The first-order valence-electron chi connectivity index (χ1n) is 9.75. The molecule has 3 aromatic rings. The van der Waals surface area contributed by atoms with Crippen LogP contribution in [0.4, 0.5) is 10.6 Å². The molecule has 2 aromatic heterocycles. The number of carbonyl (C=O) groups excluding carboxylic acids is 1. The lowest BCUT2D eigenvalue weighted by Gasteiger charge is -2.26. The zero-order chi connectivity index (χ0) is 21.7. The third kappa shape index (κ3) is 2.60. The molecular weight excluding hydrogens is 398 g/mol. The van der Waals surface area contributed by atoms with Gasteiger partial charge in [-0.2, -0.15) is 0 Å². The van der Waals surface area contributed by atoms with Crippen LogP contribution in [0.25, 0.3) is 21.3 Å². The number of pyridine rings is 1. The van der Waals surface area contributed by atoms with Crippen LogP contribution >= 0.6 is 0 Å². The van der Waals surface area contributed by atoms with E-state index < -0.39 is 17.8 Å². The Morgan fingerprint density at radius 2 is 2.16 bits per heavy atom. The maximum absolute atomic E-state index is 13.3. The van der Waals surface area contributed by atoms with Crippen LogP contribution < -0.4 is 5.69 Å². The summed E-state index contributed by atoms with van der Waals surface area (Å²) in [5.74, 6) is 2.40. The fourth-order valence-electron chi connectivity index (χ4n) is 4.58. The minimum atomic E-state index is -0.512. The zero-order valence-electron chi connectivity index (χ0n) is 16.4. The van der Waals surface area contributed by atoms with E-state index in [4.69, 9.17) is 17.7 Å². The van der Waals surface area contributed by atoms with E-state index in [2.05, 4.69) is 15.7 Å². The average Bonchev–Trinajstić information content (AvgIpc) is 3.45. The van der Waals surface area contributed by atoms with Crippen molar-refractivity contribution in [1.82, 2.24) is 19.0 Å². The molecule has 4 heterocycles. The van der Waals surface area contributed by atoms with Crippen molar-refractivity contribution < 1.29 is 14.6 Å². The number of likely N-dealkylation sites (tertiary alicyclic amines) is 1. The van der Waals surface area contributed by atoms with E-state index in [1.807, 2.05) is 0 Å². The monoisotopic (exact) mass is 415 g/mol. The van der Waals surface area contributed by atoms with E-state index >= 15 is 0 Å². The molecule has 1 saturated heterocycles. The second kappa shape index (κ2) is 6.92. The summed E-state index contributed by atoms with van der Waals surface area (Å²) < 4.78 is 7.95. The van der Waals surface area contributed by atoms with E-state index in [1.165, 1.54) is 15.7 Å². The molecule has 2 bridgehead atoms. The number of benzene rings is 1. The molecule has 1 N–H and O–H groups in total. The molecule has 31 heavy (non-hydrogen) atoms. The Hall–Kier alpha value is -4.24. The van der Waals surface area contributed by atoms with Gasteiger partial charge in [0.05, 0.1) is 12.1 Å². The van der Waals surface area contributed by atoms with Gasteiger partial charge in [-0.25, -0.2) is 14.2 Å². The quantitative estimate of drug-likeness (QED) is 0.403. The number of hydrogen-bond acceptors (Lipinski definition) is 5. The number of carbonyl (C=O) groups is 1. The molecule has 1 fully saturated rings. The molecule has 0 aliphatic carbocycles. The average molecular weight is 415 g/mol. The van der Waals surface area contributed by atoms with E-state index in [1.54, 1.807) is 28.8 Å². The van der Waals surface area contributed by atoms with Gasteiger partial charge in [0.2, 0.25) is 5.88 Å². The summed E-state index contributed by atoms with van der Waals surface area (Å²) in [6.45, 7) is 7.77. The Kier molecular flexibility index (Phi) is 4.19. The van der Waals surface area contributed by atoms with Crippen LogP contribution in [0.2, 0.25) is 0 Å². The second-order valence-corrected chi connectivity index (χ2v) is 7.45. The van der Waals surface area contributed by atoms with Crippen LogP contribution in [0, 0.1) is 18.9 Å². The normalized spacial score (nSPS) is 18.6. The molecule has 0 spiro atoms. The number of nitrogens with zero attached hydrogens (tertiary/aromatic N) is 5. The number of rotatable bonds is 3. The van der Waals surface area contributed by atoms with Gasteiger partial charge in [0.15, 0.2) is 0 Å². The van der Waals surface area contributed by atoms with Crippen molar-refractivity contribution in [3.8, 4) is 23.9 Å². The van der Waals surface area contributed by atoms with Gasteiger partial charge in [-0.15, -0.1) is 17.3 Å². The first-order chi connectivity index (χ1) is 15.1. The van der Waals surface area contributed by atoms with E-state index in [0.29, 0.717) is 41.5 Å². The van der Waals surface area contributed by atoms with Gasteiger partial charge < -0.3 is 14.7 Å². The Bertz CT molecular complexity index is 1370. The predicted molar refractivity (Wildman–Crippen MR) is 111 cm³/mol. The molecule has 9 nitrogen and oxygen atoms in total. The van der Waals surface area contributed by atoms with Crippen LogP contribution in [0.3, 0.4) is 0 Å². The highest BCUT2D eigenvalue weighted by Crippen LogP contribution is 2.49. The molecule has 9 heteroatoms. The number of ether oxygens (including phenoxy) is 1. The fraction of sp³-hybridized carbons (Fsp3) is 0.273. The molecule has 1 amide bonds. The molecule has 1 aromatic carbocycles. The smallest absolute Gasteiger partial charge is 0.410 e. The molecule has 1 unspecified atom stereocenters. The van der Waals surface area contributed by atoms with Crippen molar-refractivity contribution in [2.45, 2.75) is 24.9 Å². The third-order valence-electron chi connectivity index (χ3n) is 5.86. The van der Waals surface area contributed by atoms with E-state index in [-0.39, 0.29) is 24.3 Å². The SMILES string of the molecule is [C-]#[N+]c1ncc(-n2c(O)c3n(c2=O)C2C[C@H]3N(C(=O)OCCC#C)C2)c2ccccc12. The molecule has 5 rings (SSSR count). The minimum absolute atomic E-state index is 0.119. The summed E-state index contributed by atoms with van der Waals surface area (Å²) >= 11 is 0. The number of fused-ring (bicyclic) bond motifs is 6. The van der Waals surface area contributed by atoms with Gasteiger partial charge in [0.25, 0.3) is 5.82 Å². The number of terminal acetylenes is 1. The van der Waals surface area contributed by atoms with Gasteiger partial charge in [-0.3, -0.25) is 9.47 Å². The van der Waals surface area contributed by atoms with Crippen LogP contribution in [0.1, 0.15) is 30.6 Å². The zero-order valence-corrected chi connectivity index (χ0v) is 16.4. The Morgan fingerprint density at radius 3 is 2.90 bits per heavy atom. The maximum Gasteiger partial charge on any atom is 0.410 e. The highest BCUT2D eigenvalue weighted by Gasteiger charge is 2.49. The summed E-state index contributed by atoms with van der Waals surface area (Å²) in [7, 11) is 0. The van der Waals surface area contributed by atoms with E-state index in [9.17, 15) is 14.7 Å². The lowest BCUT2D eigenvalue weighted by atomic mass is 10.1. The number of aromatic nitrogens is 3. The van der Waals surface area contributed by atoms with Crippen LogP contribution in [0.15, 0.2) is 35.3 Å². The first-order valence-corrected chi connectivity index (χ1v) is 9.75. The standard InChI is InChI=1S/C22H17N5O4/c1-3-4-9-31-22(30)25-12-13-10-16(25)18-20(28)27(21(29)26(13)18)17-11-24-19(23-2)15-8-6-5-7-14(15)17/h1,5-8,11,13,16,28H,4,9-10,12H2/t13?,16-/m1/s1. The third-order valence-corrected chi connectivity index (χ3v) is 5.86. The summed E-state index contributed by atoms with van der Waals surface area (Å²) in [5.41, 5.74) is 0.367. The number of hydrogen-bond donors (Lipinski definition) is 1. The highest BCUT2D eigenvalue weighted by molar-refractivity contribution is 5.97. The highest BCUT2D eigenvalue weighted by atomic mass is 16.6. The van der Waals surface area contributed by atoms with Crippen molar-refractivity contribution >= 4 is 22.7 Å². The van der Waals surface area contributed by atoms with Gasteiger partial charge in [0, 0.05) is 23.7 Å². The van der Waals surface area contributed by atoms with E-state index in [0.717, 1.165) is 0 Å². The first kappa shape index (κ1) is 18.8. The minimum Gasteiger partial charge on any atom is -0.493 e. The molecule has 0 radical (unpaired) electrons. The van der Waals surface area contributed by atoms with Crippen molar-refractivity contribution in [1.29, 1.82) is 0 Å². The fourth-order valence-corrected chi connectivity index (χ4v) is 4.58. The number of imidazole rings is 1. The molecule has 2 aliphatic heterocycles. The topological polar surface area (TPSA) is 94.0 Å². The van der Waals surface area contributed by atoms with Crippen molar-refractivity contribution in [2.24, 2.45) is 0 Å². The molecule has 154 valence electrons. The van der Waals surface area contributed by atoms with Crippen molar-refractivity contribution in [2.75, 3.05) is 13.2 Å². The lowest BCUT2D eigenvalue weighted by Crippen LogP contribution is -2.38. The Labute approximate surface area is 176 Å². The Morgan fingerprint density at radius 1 is 1.39 bits per heavy atom. The lowest BCUT2D eigenvalue weighted by molar-refractivity contribution is 0.0946.